The van der Waals surface area contributed by atoms with Gasteiger partial charge < -0.3 is 25.2 Å². The van der Waals surface area contributed by atoms with Gasteiger partial charge in [0.15, 0.2) is 11.5 Å². The smallest absolute Gasteiger partial charge is 0.163 e. The van der Waals surface area contributed by atoms with Crippen molar-refractivity contribution in [2.75, 3.05) is 13.7 Å². The summed E-state index contributed by atoms with van der Waals surface area (Å²) in [6, 6.07) is 2.58. The zero-order chi connectivity index (χ0) is 13.7. The van der Waals surface area contributed by atoms with Gasteiger partial charge in [-0.1, -0.05) is 0 Å². The van der Waals surface area contributed by atoms with E-state index in [1.54, 1.807) is 0 Å². The van der Waals surface area contributed by atoms with Crippen molar-refractivity contribution < 1.29 is 30.0 Å². The van der Waals surface area contributed by atoms with Gasteiger partial charge in [0.25, 0.3) is 0 Å². The van der Waals surface area contributed by atoms with Crippen LogP contribution in [0.5, 0.6) is 11.5 Å². The number of ether oxygens (including phenoxy) is 1. The first-order valence-corrected chi connectivity index (χ1v) is 5.38. The van der Waals surface area contributed by atoms with Crippen molar-refractivity contribution in [1.29, 1.82) is 0 Å². The second-order valence-corrected chi connectivity index (χ2v) is 3.80. The first-order valence-electron chi connectivity index (χ1n) is 5.38. The number of carbonyl (C=O) groups is 1. The topological polar surface area (TPSA) is 107 Å². The Balaban J connectivity index is 3.17. The predicted octanol–water partition coefficient (Wildman–Crippen LogP) is -0.0100. The van der Waals surface area contributed by atoms with Gasteiger partial charge in [0, 0.05) is 17.7 Å². The molecule has 1 rings (SSSR count). The number of aromatic hydroxyl groups is 1. The zero-order valence-corrected chi connectivity index (χ0v) is 9.91. The molecule has 0 radical (unpaired) electrons. The summed E-state index contributed by atoms with van der Waals surface area (Å²) in [5.74, 6) is -0.308. The lowest BCUT2D eigenvalue weighted by Gasteiger charge is -2.19. The lowest BCUT2D eigenvalue weighted by molar-refractivity contribution is 0.00287. The van der Waals surface area contributed by atoms with Crippen LogP contribution in [0, 0.1) is 0 Å². The molecule has 0 bridgehead atoms. The van der Waals surface area contributed by atoms with Crippen molar-refractivity contribution in [2.24, 2.45) is 0 Å². The Morgan fingerprint density at radius 3 is 2.56 bits per heavy atom. The van der Waals surface area contributed by atoms with Crippen molar-refractivity contribution in [2.45, 2.75) is 18.6 Å². The Morgan fingerprint density at radius 1 is 1.39 bits per heavy atom. The molecule has 0 saturated carbocycles. The number of aliphatic hydroxyl groups is 3. The molecule has 0 fully saturated rings. The molecule has 0 heterocycles. The van der Waals surface area contributed by atoms with E-state index in [0.29, 0.717) is 6.29 Å². The Bertz CT molecular complexity index is 417. The summed E-state index contributed by atoms with van der Waals surface area (Å²) in [5, 5.41) is 37.9. The van der Waals surface area contributed by atoms with Crippen LogP contribution in [0.3, 0.4) is 0 Å². The van der Waals surface area contributed by atoms with Gasteiger partial charge in [0.05, 0.1) is 13.2 Å². The van der Waals surface area contributed by atoms with E-state index in [1.165, 1.54) is 19.2 Å². The van der Waals surface area contributed by atoms with Crippen LogP contribution in [0.15, 0.2) is 12.1 Å². The largest absolute Gasteiger partial charge is 0.504 e. The molecule has 100 valence electrons. The summed E-state index contributed by atoms with van der Waals surface area (Å²) in [6.45, 7) is -0.302. The van der Waals surface area contributed by atoms with E-state index in [4.69, 9.17) is 9.84 Å². The molecule has 2 unspecified atom stereocenters. The molecule has 6 heteroatoms. The molecule has 0 aliphatic rings. The highest BCUT2D eigenvalue weighted by molar-refractivity contribution is 5.77. The van der Waals surface area contributed by atoms with E-state index < -0.39 is 12.2 Å². The molecule has 0 amide bonds. The summed E-state index contributed by atoms with van der Waals surface area (Å²) in [7, 11) is 1.31. The molecule has 0 aromatic heterocycles. The molecular weight excluding hydrogens is 240 g/mol. The van der Waals surface area contributed by atoms with Crippen LogP contribution in [-0.4, -0.2) is 46.5 Å². The summed E-state index contributed by atoms with van der Waals surface area (Å²) in [6.07, 6.45) is -2.16. The summed E-state index contributed by atoms with van der Waals surface area (Å²) < 4.78 is 4.87. The number of aldehydes is 1. The lowest BCUT2D eigenvalue weighted by Crippen LogP contribution is -2.20. The monoisotopic (exact) mass is 256 g/mol. The molecule has 6 nitrogen and oxygen atoms in total. The number of hydrogen-bond acceptors (Lipinski definition) is 6. The average Bonchev–Trinajstić information content (AvgIpc) is 2.38. The predicted molar refractivity (Wildman–Crippen MR) is 62.7 cm³/mol. The molecule has 0 spiro atoms. The number of carbonyl (C=O) groups excluding carboxylic acids is 1. The first kappa shape index (κ1) is 14.4. The minimum absolute atomic E-state index is 0.0163. The Kier molecular flexibility index (Phi) is 5.08. The van der Waals surface area contributed by atoms with Crippen LogP contribution in [0.25, 0.3) is 0 Å². The molecule has 0 saturated heterocycles. The Morgan fingerprint density at radius 2 is 2.06 bits per heavy atom. The van der Waals surface area contributed by atoms with Crippen LogP contribution >= 0.6 is 0 Å². The van der Waals surface area contributed by atoms with E-state index in [1.807, 2.05) is 0 Å². The maximum absolute atomic E-state index is 10.7. The summed E-state index contributed by atoms with van der Waals surface area (Å²) in [4.78, 5) is 10.7. The second-order valence-electron chi connectivity index (χ2n) is 3.80. The third kappa shape index (κ3) is 2.98. The summed E-state index contributed by atoms with van der Waals surface area (Å²) >= 11 is 0. The molecule has 1 aromatic carbocycles. The van der Waals surface area contributed by atoms with Crippen LogP contribution < -0.4 is 4.74 Å². The van der Waals surface area contributed by atoms with Crippen LogP contribution in [0.2, 0.25) is 0 Å². The normalized spacial score (nSPS) is 14.0. The lowest BCUT2D eigenvalue weighted by atomic mass is 9.99. The molecule has 0 aliphatic carbocycles. The fraction of sp³-hybridized carbons (Fsp3) is 0.417. The molecule has 2 atom stereocenters. The SMILES string of the molecule is COc1cc(C=O)cc(C(O)C(O)CCO)c1O. The van der Waals surface area contributed by atoms with E-state index in [2.05, 4.69) is 0 Å². The minimum atomic E-state index is -1.41. The number of methoxy groups -OCH3 is 1. The van der Waals surface area contributed by atoms with Crippen LogP contribution in [0.1, 0.15) is 28.4 Å². The maximum atomic E-state index is 10.7. The average molecular weight is 256 g/mol. The molecule has 4 N–H and O–H groups in total. The number of rotatable bonds is 6. The Labute approximate surface area is 104 Å². The van der Waals surface area contributed by atoms with Gasteiger partial charge in [-0.15, -0.1) is 0 Å². The van der Waals surface area contributed by atoms with Gasteiger partial charge in [-0.2, -0.15) is 0 Å². The number of aliphatic hydroxyl groups excluding tert-OH is 3. The van der Waals surface area contributed by atoms with E-state index in [-0.39, 0.29) is 35.7 Å². The van der Waals surface area contributed by atoms with Crippen molar-refractivity contribution in [3.63, 3.8) is 0 Å². The number of phenolic OH excluding ortho intramolecular Hbond substituents is 1. The van der Waals surface area contributed by atoms with E-state index in [0.717, 1.165) is 0 Å². The fourth-order valence-electron chi connectivity index (χ4n) is 1.60. The quantitative estimate of drug-likeness (QED) is 0.533. The van der Waals surface area contributed by atoms with E-state index in [9.17, 15) is 20.1 Å². The van der Waals surface area contributed by atoms with Gasteiger partial charge in [-0.05, 0) is 18.6 Å². The first-order chi connectivity index (χ1) is 8.54. The number of hydrogen-bond donors (Lipinski definition) is 4. The number of benzene rings is 1. The highest BCUT2D eigenvalue weighted by Gasteiger charge is 2.23. The van der Waals surface area contributed by atoms with Crippen LogP contribution in [0.4, 0.5) is 0 Å². The van der Waals surface area contributed by atoms with Gasteiger partial charge in [0.2, 0.25) is 0 Å². The van der Waals surface area contributed by atoms with E-state index >= 15 is 0 Å². The fourth-order valence-corrected chi connectivity index (χ4v) is 1.60. The highest BCUT2D eigenvalue weighted by Crippen LogP contribution is 2.36. The molecule has 0 aliphatic heterocycles. The molecule has 1 aromatic rings. The van der Waals surface area contributed by atoms with Crippen molar-refractivity contribution >= 4 is 6.29 Å². The molecule has 18 heavy (non-hydrogen) atoms. The third-order valence-electron chi connectivity index (χ3n) is 2.59. The highest BCUT2D eigenvalue weighted by atomic mass is 16.5. The summed E-state index contributed by atoms with van der Waals surface area (Å²) in [5.41, 5.74) is 0.187. The Hall–Kier alpha value is -1.63. The van der Waals surface area contributed by atoms with Gasteiger partial charge in [0.1, 0.15) is 12.4 Å². The van der Waals surface area contributed by atoms with Crippen molar-refractivity contribution in [1.82, 2.24) is 0 Å². The zero-order valence-electron chi connectivity index (χ0n) is 9.91. The van der Waals surface area contributed by atoms with Crippen molar-refractivity contribution in [3.8, 4) is 11.5 Å². The third-order valence-corrected chi connectivity index (χ3v) is 2.59. The number of phenols is 1. The maximum Gasteiger partial charge on any atom is 0.163 e. The van der Waals surface area contributed by atoms with Crippen molar-refractivity contribution in [3.05, 3.63) is 23.3 Å². The van der Waals surface area contributed by atoms with Gasteiger partial charge in [-0.25, -0.2) is 0 Å². The minimum Gasteiger partial charge on any atom is -0.504 e. The standard InChI is InChI=1S/C12H16O6/c1-18-10-5-7(6-14)4-8(12(10)17)11(16)9(15)2-3-13/h4-6,9,11,13,15-17H,2-3H2,1H3. The second kappa shape index (κ2) is 6.34. The van der Waals surface area contributed by atoms with Gasteiger partial charge >= 0.3 is 0 Å². The van der Waals surface area contributed by atoms with Gasteiger partial charge in [-0.3, -0.25) is 4.79 Å². The molecular formula is C12H16O6. The van der Waals surface area contributed by atoms with Crippen LogP contribution in [-0.2, 0) is 0 Å².